The van der Waals surface area contributed by atoms with Crippen molar-refractivity contribution in [1.82, 2.24) is 0 Å². The van der Waals surface area contributed by atoms with Crippen LogP contribution in [0.2, 0.25) is 0 Å². The van der Waals surface area contributed by atoms with E-state index in [0.29, 0.717) is 45.1 Å². The van der Waals surface area contributed by atoms with Crippen LogP contribution in [-0.4, -0.2) is 27.3 Å². The number of carbonyl (C=O) groups excluding carboxylic acids is 1. The topological polar surface area (TPSA) is 84.2 Å². The molecule has 0 spiro atoms. The molecule has 0 radical (unpaired) electrons. The van der Waals surface area contributed by atoms with Gasteiger partial charge in [0.1, 0.15) is 17.3 Å². The second-order valence-electron chi connectivity index (χ2n) is 7.22. The first kappa shape index (κ1) is 22.4. The zero-order valence-corrected chi connectivity index (χ0v) is 19.6. The highest BCUT2D eigenvalue weighted by atomic mass is 32.1. The minimum absolute atomic E-state index is 0.196. The number of ether oxygens (including phenoxy) is 4. The fourth-order valence-electron chi connectivity index (χ4n) is 3.77. The Morgan fingerprint density at radius 3 is 2.12 bits per heavy atom. The Morgan fingerprint density at radius 2 is 1.55 bits per heavy atom. The number of furan rings is 1. The van der Waals surface area contributed by atoms with Crippen molar-refractivity contribution in [3.63, 3.8) is 0 Å². The van der Waals surface area contributed by atoms with E-state index in [1.54, 1.807) is 19.9 Å². The van der Waals surface area contributed by atoms with Crippen molar-refractivity contribution in [1.29, 1.82) is 0 Å². The van der Waals surface area contributed by atoms with Gasteiger partial charge < -0.3 is 23.4 Å². The first-order chi connectivity index (χ1) is 15.9. The van der Waals surface area contributed by atoms with Crippen LogP contribution in [0.3, 0.4) is 0 Å². The van der Waals surface area contributed by atoms with Gasteiger partial charge in [0.2, 0.25) is 5.75 Å². The van der Waals surface area contributed by atoms with E-state index in [-0.39, 0.29) is 16.7 Å². The van der Waals surface area contributed by atoms with Gasteiger partial charge in [-0.3, -0.25) is 4.79 Å². The van der Waals surface area contributed by atoms with Gasteiger partial charge in [0.25, 0.3) is 0 Å². The van der Waals surface area contributed by atoms with Gasteiger partial charge in [0.15, 0.2) is 16.9 Å². The molecule has 0 aliphatic carbocycles. The maximum Gasteiger partial charge on any atom is 0.343 e. The number of carbonyl (C=O) groups is 1. The lowest BCUT2D eigenvalue weighted by Gasteiger charge is -2.13. The third kappa shape index (κ3) is 4.05. The molecule has 0 bridgehead atoms. The molecule has 0 aliphatic rings. The predicted octanol–water partition coefficient (Wildman–Crippen LogP) is 5.38. The Kier molecular flexibility index (Phi) is 6.11. The van der Waals surface area contributed by atoms with Crippen molar-refractivity contribution in [3.8, 4) is 33.4 Å². The summed E-state index contributed by atoms with van der Waals surface area (Å²) < 4.78 is 27.6. The van der Waals surface area contributed by atoms with E-state index >= 15 is 0 Å². The molecule has 0 aliphatic heterocycles. The molecule has 2 heterocycles. The van der Waals surface area contributed by atoms with Crippen molar-refractivity contribution in [2.75, 3.05) is 21.3 Å². The molecule has 2 aromatic carbocycles. The molecular formula is C25H22O7S. The lowest BCUT2D eigenvalue weighted by atomic mass is 10.1. The van der Waals surface area contributed by atoms with Gasteiger partial charge in [-0.05, 0) is 55.1 Å². The number of aryl methyl sites for hydroxylation is 2. The average molecular weight is 467 g/mol. The third-order valence-corrected chi connectivity index (χ3v) is 6.15. The molecule has 8 heteroatoms. The number of thiophene rings is 1. The molecule has 4 aromatic rings. The molecular weight excluding hydrogens is 444 g/mol. The van der Waals surface area contributed by atoms with E-state index in [4.69, 9.17) is 23.4 Å². The summed E-state index contributed by atoms with van der Waals surface area (Å²) >= 11 is 1.49. The molecule has 2 aromatic heterocycles. The van der Waals surface area contributed by atoms with Crippen molar-refractivity contribution in [2.45, 2.75) is 13.8 Å². The molecule has 7 nitrogen and oxygen atoms in total. The summed E-state index contributed by atoms with van der Waals surface area (Å²) in [6, 6.07) is 10.0. The number of hydrogen-bond acceptors (Lipinski definition) is 8. The number of esters is 1. The third-order valence-electron chi connectivity index (χ3n) is 5.24. The molecule has 4 rings (SSSR count). The summed E-state index contributed by atoms with van der Waals surface area (Å²) in [6.45, 7) is 3.45. The first-order valence-electron chi connectivity index (χ1n) is 10.0. The second kappa shape index (κ2) is 8.99. The Balaban J connectivity index is 1.89. The second-order valence-corrected chi connectivity index (χ2v) is 8.17. The normalized spacial score (nSPS) is 10.8. The van der Waals surface area contributed by atoms with Crippen molar-refractivity contribution >= 4 is 28.1 Å². The molecule has 0 atom stereocenters. The van der Waals surface area contributed by atoms with Crippen molar-refractivity contribution < 1.29 is 28.2 Å². The maximum atomic E-state index is 13.2. The maximum absolute atomic E-state index is 13.2. The molecule has 0 N–H and O–H groups in total. The summed E-state index contributed by atoms with van der Waals surface area (Å²) in [5, 5.41) is 2.75. The van der Waals surface area contributed by atoms with Crippen LogP contribution < -0.4 is 24.4 Å². The van der Waals surface area contributed by atoms with Crippen LogP contribution in [0.25, 0.3) is 21.2 Å². The zero-order chi connectivity index (χ0) is 23.7. The highest BCUT2D eigenvalue weighted by molar-refractivity contribution is 7.13. The lowest BCUT2D eigenvalue weighted by Crippen LogP contribution is -2.10. The van der Waals surface area contributed by atoms with E-state index in [9.17, 15) is 9.59 Å². The summed E-state index contributed by atoms with van der Waals surface area (Å²) in [7, 11) is 4.41. The molecule has 0 fully saturated rings. The fourth-order valence-corrected chi connectivity index (χ4v) is 4.48. The van der Waals surface area contributed by atoms with Crippen LogP contribution in [0.1, 0.15) is 21.9 Å². The van der Waals surface area contributed by atoms with Crippen LogP contribution in [-0.2, 0) is 0 Å². The van der Waals surface area contributed by atoms with Gasteiger partial charge in [-0.2, -0.15) is 0 Å². The molecule has 0 saturated heterocycles. The van der Waals surface area contributed by atoms with Crippen molar-refractivity contribution in [2.24, 2.45) is 0 Å². The predicted molar refractivity (Wildman–Crippen MR) is 126 cm³/mol. The highest BCUT2D eigenvalue weighted by Crippen LogP contribution is 2.39. The Morgan fingerprint density at radius 1 is 0.879 bits per heavy atom. The number of fused-ring (bicyclic) bond motifs is 1. The Labute approximate surface area is 194 Å². The SMILES string of the molecule is COc1cc(C(=O)Oc2cc(-c3cccs3)cc(=O)c3c(C)oc(C)c23)cc(OC)c1OC. The zero-order valence-electron chi connectivity index (χ0n) is 18.8. The lowest BCUT2D eigenvalue weighted by molar-refractivity contribution is 0.0736. The Hall–Kier alpha value is -3.78. The van der Waals surface area contributed by atoms with E-state index in [0.717, 1.165) is 4.88 Å². The van der Waals surface area contributed by atoms with Gasteiger partial charge >= 0.3 is 5.97 Å². The van der Waals surface area contributed by atoms with Gasteiger partial charge in [0.05, 0.1) is 37.7 Å². The number of benzene rings is 1. The average Bonchev–Trinajstić information content (AvgIpc) is 3.41. The van der Waals surface area contributed by atoms with Crippen LogP contribution in [0.5, 0.6) is 23.0 Å². The standard InChI is InChI=1S/C25H22O7S/c1-13-22-17(26)9-15(21-7-6-8-33-21)10-18(23(22)14(2)31-13)32-25(27)16-11-19(28-3)24(30-5)20(12-16)29-4/h6-12H,1-5H3. The molecule has 0 unspecified atom stereocenters. The van der Waals surface area contributed by atoms with E-state index in [2.05, 4.69) is 0 Å². The van der Waals surface area contributed by atoms with Crippen LogP contribution in [0.15, 0.2) is 51.0 Å². The highest BCUT2D eigenvalue weighted by Gasteiger charge is 2.22. The van der Waals surface area contributed by atoms with Crippen LogP contribution in [0, 0.1) is 13.8 Å². The van der Waals surface area contributed by atoms with Crippen LogP contribution in [0.4, 0.5) is 0 Å². The van der Waals surface area contributed by atoms with Gasteiger partial charge in [-0.25, -0.2) is 4.79 Å². The summed E-state index contributed by atoms with van der Waals surface area (Å²) in [5.74, 6) is 1.54. The quantitative estimate of drug-likeness (QED) is 0.353. The molecule has 0 saturated carbocycles. The molecule has 33 heavy (non-hydrogen) atoms. The van der Waals surface area contributed by atoms with E-state index in [1.165, 1.54) is 50.9 Å². The van der Waals surface area contributed by atoms with Gasteiger partial charge in [-0.1, -0.05) is 6.07 Å². The van der Waals surface area contributed by atoms with Gasteiger partial charge in [0, 0.05) is 4.88 Å². The minimum atomic E-state index is -0.649. The monoisotopic (exact) mass is 466 g/mol. The number of methoxy groups -OCH3 is 3. The largest absolute Gasteiger partial charge is 0.493 e. The minimum Gasteiger partial charge on any atom is -0.493 e. The Bertz CT molecular complexity index is 1380. The summed E-state index contributed by atoms with van der Waals surface area (Å²) in [6.07, 6.45) is 0. The summed E-state index contributed by atoms with van der Waals surface area (Å²) in [5.41, 5.74) is 0.637. The number of rotatable bonds is 6. The van der Waals surface area contributed by atoms with Crippen LogP contribution >= 0.6 is 11.3 Å². The van der Waals surface area contributed by atoms with Gasteiger partial charge in [-0.15, -0.1) is 11.3 Å². The van der Waals surface area contributed by atoms with E-state index < -0.39 is 5.97 Å². The van der Waals surface area contributed by atoms with E-state index in [1.807, 2.05) is 17.5 Å². The molecule has 170 valence electrons. The fraction of sp³-hybridized carbons (Fsp3) is 0.200. The summed E-state index contributed by atoms with van der Waals surface area (Å²) in [4.78, 5) is 27.1. The first-order valence-corrected chi connectivity index (χ1v) is 10.9. The smallest absolute Gasteiger partial charge is 0.343 e. The van der Waals surface area contributed by atoms with Crippen molar-refractivity contribution in [3.05, 3.63) is 69.1 Å². The number of hydrogen-bond donors (Lipinski definition) is 0. The molecule has 0 amide bonds.